The van der Waals surface area contributed by atoms with Gasteiger partial charge in [0.2, 0.25) is 5.91 Å². The van der Waals surface area contributed by atoms with E-state index in [1.807, 2.05) is 48.2 Å². The van der Waals surface area contributed by atoms with Crippen molar-refractivity contribution in [1.82, 2.24) is 4.90 Å². The molecule has 0 saturated heterocycles. The largest absolute Gasteiger partial charge is 0.493 e. The van der Waals surface area contributed by atoms with Gasteiger partial charge in [-0.2, -0.15) is 0 Å². The van der Waals surface area contributed by atoms with Crippen molar-refractivity contribution in [3.63, 3.8) is 0 Å². The zero-order valence-corrected chi connectivity index (χ0v) is 16.2. The van der Waals surface area contributed by atoms with Gasteiger partial charge in [-0.25, -0.2) is 0 Å². The van der Waals surface area contributed by atoms with Gasteiger partial charge in [0.15, 0.2) is 11.5 Å². The van der Waals surface area contributed by atoms with Gasteiger partial charge in [-0.15, -0.1) is 0 Å². The monoisotopic (exact) mass is 373 g/mol. The number of carbonyl (C=O) groups excluding carboxylic acids is 1. The Kier molecular flexibility index (Phi) is 5.72. The molecule has 0 N–H and O–H groups in total. The number of nitrogens with zero attached hydrogens (tertiary/aromatic N) is 1. The molecule has 26 heavy (non-hydrogen) atoms. The molecular formula is C21H24ClNO3. The van der Waals surface area contributed by atoms with Crippen molar-refractivity contribution in [2.24, 2.45) is 0 Å². The second-order valence-corrected chi connectivity index (χ2v) is 6.89. The first-order valence-electron chi connectivity index (χ1n) is 8.88. The van der Waals surface area contributed by atoms with Gasteiger partial charge in [0.05, 0.1) is 20.3 Å². The van der Waals surface area contributed by atoms with Crippen LogP contribution in [0.25, 0.3) is 0 Å². The molecule has 138 valence electrons. The van der Waals surface area contributed by atoms with Crippen molar-refractivity contribution in [2.45, 2.75) is 32.2 Å². The number of halogens is 1. The van der Waals surface area contributed by atoms with Crippen LogP contribution in [0.2, 0.25) is 5.02 Å². The third-order valence-corrected chi connectivity index (χ3v) is 5.06. The number of fused-ring (bicyclic) bond motifs is 1. The first kappa shape index (κ1) is 18.6. The molecule has 0 fully saturated rings. The quantitative estimate of drug-likeness (QED) is 0.766. The Labute approximate surface area is 159 Å². The predicted octanol–water partition coefficient (Wildman–Crippen LogP) is 4.63. The minimum absolute atomic E-state index is 0.165. The van der Waals surface area contributed by atoms with Crippen LogP contribution < -0.4 is 9.47 Å². The molecule has 0 aliphatic carbocycles. The summed E-state index contributed by atoms with van der Waals surface area (Å²) in [6, 6.07) is 11.6. The number of hydrogen-bond acceptors (Lipinski definition) is 3. The molecule has 0 unspecified atom stereocenters. The summed E-state index contributed by atoms with van der Waals surface area (Å²) < 4.78 is 10.9. The van der Waals surface area contributed by atoms with Crippen LogP contribution in [0, 0.1) is 0 Å². The molecule has 0 radical (unpaired) electrons. The third kappa shape index (κ3) is 3.51. The Morgan fingerprint density at radius 1 is 1.19 bits per heavy atom. The molecule has 1 atom stereocenters. The standard InChI is InChI=1S/C21H24ClNO3/c1-4-6-20(24)23-10-9-14-12-18(25-2)19(26-3)13-17(14)21(23)15-7-5-8-16(22)11-15/h5,7-8,11-13,21H,4,6,9-10H2,1-3H3/t21-/m1/s1. The highest BCUT2D eigenvalue weighted by molar-refractivity contribution is 6.30. The van der Waals surface area contributed by atoms with Crippen LogP contribution >= 0.6 is 11.6 Å². The lowest BCUT2D eigenvalue weighted by molar-refractivity contribution is -0.133. The fraction of sp³-hybridized carbons (Fsp3) is 0.381. The molecule has 2 aromatic rings. The Bertz CT molecular complexity index is 806. The number of carbonyl (C=O) groups is 1. The van der Waals surface area contributed by atoms with E-state index < -0.39 is 0 Å². The van der Waals surface area contributed by atoms with Gasteiger partial charge in [-0.3, -0.25) is 4.79 Å². The topological polar surface area (TPSA) is 38.8 Å². The van der Waals surface area contributed by atoms with Crippen LogP contribution in [-0.4, -0.2) is 31.6 Å². The normalized spacial score (nSPS) is 16.2. The molecule has 1 aliphatic heterocycles. The summed E-state index contributed by atoms with van der Waals surface area (Å²) in [6.45, 7) is 2.70. The summed E-state index contributed by atoms with van der Waals surface area (Å²) in [5.74, 6) is 1.55. The maximum atomic E-state index is 12.8. The van der Waals surface area contributed by atoms with Gasteiger partial charge in [0.25, 0.3) is 0 Å². The SMILES string of the molecule is CCCC(=O)N1CCc2cc(OC)c(OC)cc2[C@H]1c1cccc(Cl)c1. The Morgan fingerprint density at radius 3 is 2.58 bits per heavy atom. The van der Waals surface area contributed by atoms with E-state index in [4.69, 9.17) is 21.1 Å². The zero-order valence-electron chi connectivity index (χ0n) is 15.4. The Morgan fingerprint density at radius 2 is 1.92 bits per heavy atom. The molecule has 0 aromatic heterocycles. The summed E-state index contributed by atoms with van der Waals surface area (Å²) in [5.41, 5.74) is 3.25. The molecule has 0 spiro atoms. The lowest BCUT2D eigenvalue weighted by Crippen LogP contribution is -2.40. The molecular weight excluding hydrogens is 350 g/mol. The predicted molar refractivity (Wildman–Crippen MR) is 103 cm³/mol. The van der Waals surface area contributed by atoms with Crippen LogP contribution in [0.4, 0.5) is 0 Å². The number of methoxy groups -OCH3 is 2. The van der Waals surface area contributed by atoms with Crippen molar-refractivity contribution < 1.29 is 14.3 Å². The van der Waals surface area contributed by atoms with E-state index in [2.05, 4.69) is 0 Å². The van der Waals surface area contributed by atoms with Gasteiger partial charge in [0.1, 0.15) is 0 Å². The molecule has 1 heterocycles. The van der Waals surface area contributed by atoms with Gasteiger partial charge >= 0.3 is 0 Å². The van der Waals surface area contributed by atoms with E-state index in [1.165, 1.54) is 5.56 Å². The average Bonchev–Trinajstić information content (AvgIpc) is 2.65. The zero-order chi connectivity index (χ0) is 18.7. The van der Waals surface area contributed by atoms with E-state index in [0.29, 0.717) is 29.5 Å². The van der Waals surface area contributed by atoms with Crippen LogP contribution in [0.3, 0.4) is 0 Å². The third-order valence-electron chi connectivity index (χ3n) is 4.82. The Balaban J connectivity index is 2.15. The summed E-state index contributed by atoms with van der Waals surface area (Å²) in [4.78, 5) is 14.8. The van der Waals surface area contributed by atoms with Crippen molar-refractivity contribution in [1.29, 1.82) is 0 Å². The summed E-state index contributed by atoms with van der Waals surface area (Å²) in [7, 11) is 3.26. The van der Waals surface area contributed by atoms with Crippen LogP contribution in [0.1, 0.15) is 42.5 Å². The van der Waals surface area contributed by atoms with Crippen LogP contribution in [0.5, 0.6) is 11.5 Å². The van der Waals surface area contributed by atoms with E-state index in [1.54, 1.807) is 14.2 Å². The first-order chi connectivity index (χ1) is 12.6. The molecule has 5 heteroatoms. The smallest absolute Gasteiger partial charge is 0.223 e. The maximum absolute atomic E-state index is 12.8. The van der Waals surface area contributed by atoms with E-state index in [0.717, 1.165) is 24.0 Å². The van der Waals surface area contributed by atoms with E-state index in [-0.39, 0.29) is 11.9 Å². The summed E-state index contributed by atoms with van der Waals surface area (Å²) in [6.07, 6.45) is 2.16. The second-order valence-electron chi connectivity index (χ2n) is 6.45. The summed E-state index contributed by atoms with van der Waals surface area (Å²) in [5, 5.41) is 0.665. The fourth-order valence-electron chi connectivity index (χ4n) is 3.61. The van der Waals surface area contributed by atoms with Crippen LogP contribution in [0.15, 0.2) is 36.4 Å². The molecule has 0 saturated carbocycles. The van der Waals surface area contributed by atoms with E-state index >= 15 is 0 Å². The van der Waals surface area contributed by atoms with Gasteiger partial charge in [-0.05, 0) is 53.8 Å². The fourth-order valence-corrected chi connectivity index (χ4v) is 3.81. The highest BCUT2D eigenvalue weighted by Gasteiger charge is 2.33. The number of benzene rings is 2. The van der Waals surface area contributed by atoms with Gasteiger partial charge < -0.3 is 14.4 Å². The molecule has 3 rings (SSSR count). The Hall–Kier alpha value is -2.20. The number of amides is 1. The van der Waals surface area contributed by atoms with Crippen molar-refractivity contribution in [3.05, 3.63) is 58.1 Å². The summed E-state index contributed by atoms with van der Waals surface area (Å²) >= 11 is 6.24. The first-order valence-corrected chi connectivity index (χ1v) is 9.26. The van der Waals surface area contributed by atoms with Crippen molar-refractivity contribution >= 4 is 17.5 Å². The minimum Gasteiger partial charge on any atom is -0.493 e. The molecule has 2 aromatic carbocycles. The van der Waals surface area contributed by atoms with Crippen LogP contribution in [-0.2, 0) is 11.2 Å². The highest BCUT2D eigenvalue weighted by Crippen LogP contribution is 2.41. The number of ether oxygens (including phenoxy) is 2. The van der Waals surface area contributed by atoms with Crippen molar-refractivity contribution in [2.75, 3.05) is 20.8 Å². The average molecular weight is 374 g/mol. The van der Waals surface area contributed by atoms with E-state index in [9.17, 15) is 4.79 Å². The van der Waals surface area contributed by atoms with Crippen molar-refractivity contribution in [3.8, 4) is 11.5 Å². The number of rotatable bonds is 5. The van der Waals surface area contributed by atoms with Gasteiger partial charge in [0, 0.05) is 18.0 Å². The minimum atomic E-state index is -0.170. The number of hydrogen-bond donors (Lipinski definition) is 0. The lowest BCUT2D eigenvalue weighted by Gasteiger charge is -2.38. The molecule has 1 aliphatic rings. The second kappa shape index (κ2) is 8.00. The highest BCUT2D eigenvalue weighted by atomic mass is 35.5. The molecule has 4 nitrogen and oxygen atoms in total. The maximum Gasteiger partial charge on any atom is 0.223 e. The van der Waals surface area contributed by atoms with Gasteiger partial charge in [-0.1, -0.05) is 30.7 Å². The molecule has 0 bridgehead atoms. The lowest BCUT2D eigenvalue weighted by atomic mass is 9.87. The molecule has 1 amide bonds.